The number of carbonyl (C=O) groups is 1. The van der Waals surface area contributed by atoms with E-state index in [9.17, 15) is 4.79 Å². The molecule has 1 fully saturated rings. The first-order valence-corrected chi connectivity index (χ1v) is 12.7. The highest BCUT2D eigenvalue weighted by atomic mass is 33.1. The van der Waals surface area contributed by atoms with Crippen LogP contribution in [0.5, 0.6) is 0 Å². The number of amides is 1. The molecule has 0 bridgehead atoms. The Morgan fingerprint density at radius 2 is 1.62 bits per heavy atom. The summed E-state index contributed by atoms with van der Waals surface area (Å²) in [6, 6.07) is 16.0. The fourth-order valence-corrected chi connectivity index (χ4v) is 6.18. The van der Waals surface area contributed by atoms with Gasteiger partial charge < -0.3 is 11.1 Å². The number of nitrogen functional groups attached to an aromatic ring is 1. The van der Waals surface area contributed by atoms with Crippen molar-refractivity contribution in [1.82, 2.24) is 0 Å². The summed E-state index contributed by atoms with van der Waals surface area (Å²) in [5.41, 5.74) is 7.54. The third kappa shape index (κ3) is 5.95. The molecule has 5 heteroatoms. The first kappa shape index (κ1) is 22.1. The molecule has 0 aliphatic heterocycles. The van der Waals surface area contributed by atoms with Crippen LogP contribution in [0, 0.1) is 11.3 Å². The van der Waals surface area contributed by atoms with Gasteiger partial charge in [-0.15, -0.1) is 0 Å². The number of benzene rings is 2. The molecule has 2 aromatic rings. The lowest BCUT2D eigenvalue weighted by Crippen LogP contribution is -2.38. The second-order valence-corrected chi connectivity index (χ2v) is 10.6. The Morgan fingerprint density at radius 3 is 2.31 bits per heavy atom. The van der Waals surface area contributed by atoms with Crippen molar-refractivity contribution in [2.75, 3.05) is 11.1 Å². The molecule has 1 amide bonds. The Kier molecular flexibility index (Phi) is 7.96. The molecule has 0 aromatic heterocycles. The standard InChI is InChI=1S/C24H32N2OS2/c1-18(2)14-17-24(15-8-3-9-16-24)23(27)26-20-11-5-7-13-22(20)29-28-21-12-6-4-10-19(21)25/h4-7,10-13,18H,3,8-9,14-17,25H2,1-2H3,(H,26,27). The Hall–Kier alpha value is -1.59. The highest BCUT2D eigenvalue weighted by molar-refractivity contribution is 8.76. The van der Waals surface area contributed by atoms with Gasteiger partial charge in [0.05, 0.1) is 5.69 Å². The Morgan fingerprint density at radius 1 is 1.00 bits per heavy atom. The molecule has 0 unspecified atom stereocenters. The average Bonchev–Trinajstić information content (AvgIpc) is 2.73. The Bertz CT molecular complexity index is 816. The van der Waals surface area contributed by atoms with Crippen LogP contribution < -0.4 is 11.1 Å². The monoisotopic (exact) mass is 428 g/mol. The average molecular weight is 429 g/mol. The van der Waals surface area contributed by atoms with Crippen molar-refractivity contribution < 1.29 is 4.79 Å². The van der Waals surface area contributed by atoms with Crippen molar-refractivity contribution >= 4 is 38.9 Å². The van der Waals surface area contributed by atoms with Crippen molar-refractivity contribution in [1.29, 1.82) is 0 Å². The summed E-state index contributed by atoms with van der Waals surface area (Å²) in [5.74, 6) is 0.826. The molecule has 29 heavy (non-hydrogen) atoms. The first-order chi connectivity index (χ1) is 14.0. The molecular weight excluding hydrogens is 396 g/mol. The first-order valence-electron chi connectivity index (χ1n) is 10.6. The van der Waals surface area contributed by atoms with Crippen LogP contribution in [0.25, 0.3) is 0 Å². The smallest absolute Gasteiger partial charge is 0.230 e. The molecule has 156 valence electrons. The third-order valence-corrected chi connectivity index (χ3v) is 8.27. The van der Waals surface area contributed by atoms with Crippen LogP contribution >= 0.6 is 21.6 Å². The van der Waals surface area contributed by atoms with Crippen molar-refractivity contribution in [2.24, 2.45) is 11.3 Å². The van der Waals surface area contributed by atoms with Crippen LogP contribution in [-0.2, 0) is 4.79 Å². The molecule has 3 rings (SSSR count). The summed E-state index contributed by atoms with van der Waals surface area (Å²) in [6.45, 7) is 4.49. The van der Waals surface area contributed by atoms with Crippen LogP contribution in [0.1, 0.15) is 58.8 Å². The number of nitrogens with one attached hydrogen (secondary N) is 1. The van der Waals surface area contributed by atoms with E-state index in [4.69, 9.17) is 5.73 Å². The van der Waals surface area contributed by atoms with Crippen molar-refractivity contribution in [3.63, 3.8) is 0 Å². The van der Waals surface area contributed by atoms with Crippen molar-refractivity contribution in [2.45, 2.75) is 68.6 Å². The number of rotatable bonds is 8. The molecule has 2 aromatic carbocycles. The van der Waals surface area contributed by atoms with E-state index in [0.29, 0.717) is 5.92 Å². The number of para-hydroxylation sites is 2. The Balaban J connectivity index is 1.73. The largest absolute Gasteiger partial charge is 0.398 e. The summed E-state index contributed by atoms with van der Waals surface area (Å²) in [7, 11) is 3.27. The molecule has 0 radical (unpaired) electrons. The van der Waals surface area contributed by atoms with E-state index in [0.717, 1.165) is 59.7 Å². The lowest BCUT2D eigenvalue weighted by atomic mass is 9.69. The molecule has 3 N–H and O–H groups in total. The number of carbonyl (C=O) groups excluding carboxylic acids is 1. The highest BCUT2D eigenvalue weighted by Crippen LogP contribution is 2.45. The van der Waals surface area contributed by atoms with Gasteiger partial charge in [0.1, 0.15) is 0 Å². The Labute approximate surface area is 183 Å². The van der Waals surface area contributed by atoms with Gasteiger partial charge in [-0.2, -0.15) is 0 Å². The minimum absolute atomic E-state index is 0.204. The lowest BCUT2D eigenvalue weighted by molar-refractivity contribution is -0.128. The second-order valence-electron chi connectivity index (χ2n) is 8.43. The number of hydrogen-bond acceptors (Lipinski definition) is 4. The predicted molar refractivity (Wildman–Crippen MR) is 127 cm³/mol. The molecule has 1 saturated carbocycles. The molecule has 0 atom stereocenters. The molecular formula is C24H32N2OS2. The van der Waals surface area contributed by atoms with E-state index < -0.39 is 0 Å². The van der Waals surface area contributed by atoms with Gasteiger partial charge in [0, 0.05) is 20.9 Å². The fraction of sp³-hybridized carbons (Fsp3) is 0.458. The van der Waals surface area contributed by atoms with Gasteiger partial charge in [0.2, 0.25) is 5.91 Å². The molecule has 1 aliphatic rings. The van der Waals surface area contributed by atoms with Crippen LogP contribution in [0.4, 0.5) is 11.4 Å². The second kappa shape index (κ2) is 10.4. The van der Waals surface area contributed by atoms with E-state index in [1.54, 1.807) is 21.6 Å². The highest BCUT2D eigenvalue weighted by Gasteiger charge is 2.39. The van der Waals surface area contributed by atoms with E-state index in [1.807, 2.05) is 42.5 Å². The molecule has 3 nitrogen and oxygen atoms in total. The molecule has 0 spiro atoms. The summed E-state index contributed by atoms with van der Waals surface area (Å²) in [6.07, 6.45) is 7.68. The van der Waals surface area contributed by atoms with Crippen molar-refractivity contribution in [3.05, 3.63) is 48.5 Å². The summed E-state index contributed by atoms with van der Waals surface area (Å²) >= 11 is 0. The van der Waals surface area contributed by atoms with Gasteiger partial charge in [-0.25, -0.2) is 0 Å². The van der Waals surface area contributed by atoms with E-state index in [2.05, 4.69) is 25.2 Å². The van der Waals surface area contributed by atoms with Crippen LogP contribution in [0.2, 0.25) is 0 Å². The van der Waals surface area contributed by atoms with Gasteiger partial charge >= 0.3 is 0 Å². The SMILES string of the molecule is CC(C)CCC1(C(=O)Nc2ccccc2SSc2ccccc2N)CCCCC1. The number of anilines is 2. The maximum absolute atomic E-state index is 13.4. The topological polar surface area (TPSA) is 55.1 Å². The summed E-state index contributed by atoms with van der Waals surface area (Å²) < 4.78 is 0. The lowest BCUT2D eigenvalue weighted by Gasteiger charge is -2.36. The predicted octanol–water partition coefficient (Wildman–Crippen LogP) is 7.39. The normalized spacial score (nSPS) is 16.0. The number of nitrogens with two attached hydrogens (primary N) is 1. The van der Waals surface area contributed by atoms with E-state index in [1.165, 1.54) is 6.42 Å². The zero-order chi connectivity index (χ0) is 20.7. The summed E-state index contributed by atoms with van der Waals surface area (Å²) in [5, 5.41) is 3.29. The van der Waals surface area contributed by atoms with E-state index in [-0.39, 0.29) is 11.3 Å². The van der Waals surface area contributed by atoms with Gasteiger partial charge in [-0.05, 0) is 55.9 Å². The van der Waals surface area contributed by atoms with Crippen LogP contribution in [0.3, 0.4) is 0 Å². The third-order valence-electron chi connectivity index (χ3n) is 5.77. The van der Waals surface area contributed by atoms with Gasteiger partial charge in [0.25, 0.3) is 0 Å². The molecule has 0 heterocycles. The van der Waals surface area contributed by atoms with Gasteiger partial charge in [-0.1, -0.05) is 79.0 Å². The maximum atomic E-state index is 13.4. The quantitative estimate of drug-likeness (QED) is 0.340. The maximum Gasteiger partial charge on any atom is 0.230 e. The van der Waals surface area contributed by atoms with Crippen LogP contribution in [0.15, 0.2) is 58.3 Å². The minimum atomic E-state index is -0.211. The van der Waals surface area contributed by atoms with E-state index >= 15 is 0 Å². The van der Waals surface area contributed by atoms with Gasteiger partial charge in [0.15, 0.2) is 0 Å². The fourth-order valence-electron chi connectivity index (χ4n) is 3.93. The minimum Gasteiger partial charge on any atom is -0.398 e. The van der Waals surface area contributed by atoms with Gasteiger partial charge in [-0.3, -0.25) is 4.79 Å². The number of hydrogen-bond donors (Lipinski definition) is 2. The van der Waals surface area contributed by atoms with Crippen molar-refractivity contribution in [3.8, 4) is 0 Å². The molecule has 0 saturated heterocycles. The van der Waals surface area contributed by atoms with Crippen LogP contribution in [-0.4, -0.2) is 5.91 Å². The zero-order valence-electron chi connectivity index (χ0n) is 17.4. The summed E-state index contributed by atoms with van der Waals surface area (Å²) in [4.78, 5) is 15.5. The molecule has 1 aliphatic carbocycles. The zero-order valence-corrected chi connectivity index (χ0v) is 19.1.